The van der Waals surface area contributed by atoms with Crippen molar-refractivity contribution in [3.8, 4) is 11.3 Å². The Morgan fingerprint density at radius 2 is 1.78 bits per heavy atom. The molecule has 140 valence electrons. The zero-order chi connectivity index (χ0) is 19.6. The molecule has 0 saturated carbocycles. The Balaban J connectivity index is 1.74. The number of nitrogens with one attached hydrogen (secondary N) is 2. The quantitative estimate of drug-likeness (QED) is 0.675. The number of amides is 1. The van der Waals surface area contributed by atoms with Crippen molar-refractivity contribution in [2.24, 2.45) is 0 Å². The number of nitrogens with zero attached hydrogens (tertiary/aromatic N) is 1. The van der Waals surface area contributed by atoms with E-state index in [0.29, 0.717) is 22.1 Å². The van der Waals surface area contributed by atoms with Crippen LogP contribution < -0.4 is 10.0 Å². The van der Waals surface area contributed by atoms with Gasteiger partial charge in [0.15, 0.2) is 5.13 Å². The van der Waals surface area contributed by atoms with Gasteiger partial charge in [-0.25, -0.2) is 13.4 Å². The standard InChI is InChI=1S/C19H19N3O3S2/c1-12-4-9-16(13(2)10-12)18(23)21-19-20-17(11-26-19)14-5-7-15(8-6-14)22-27(3,24)25/h4-11,22H,1-3H3,(H,20,21,23). The van der Waals surface area contributed by atoms with E-state index in [0.717, 1.165) is 22.9 Å². The SMILES string of the molecule is Cc1ccc(C(=O)Nc2nc(-c3ccc(NS(C)(=O)=O)cc3)cs2)c(C)c1. The van der Waals surface area contributed by atoms with Gasteiger partial charge in [0.2, 0.25) is 10.0 Å². The molecule has 2 N–H and O–H groups in total. The first-order valence-corrected chi connectivity index (χ1v) is 10.9. The third-order valence-corrected chi connectivity index (χ3v) is 5.20. The van der Waals surface area contributed by atoms with Crippen LogP contribution in [0.1, 0.15) is 21.5 Å². The molecule has 2 aromatic carbocycles. The van der Waals surface area contributed by atoms with Crippen LogP contribution in [0.3, 0.4) is 0 Å². The van der Waals surface area contributed by atoms with Crippen LogP contribution in [-0.2, 0) is 10.0 Å². The predicted molar refractivity (Wildman–Crippen MR) is 110 cm³/mol. The Morgan fingerprint density at radius 1 is 1.07 bits per heavy atom. The number of carbonyl (C=O) groups is 1. The van der Waals surface area contributed by atoms with E-state index in [1.807, 2.05) is 37.4 Å². The Kier molecular flexibility index (Phi) is 5.29. The van der Waals surface area contributed by atoms with E-state index in [4.69, 9.17) is 0 Å². The van der Waals surface area contributed by atoms with Gasteiger partial charge in [0, 0.05) is 22.2 Å². The lowest BCUT2D eigenvalue weighted by molar-refractivity contribution is 0.102. The number of sulfonamides is 1. The molecular weight excluding hydrogens is 382 g/mol. The van der Waals surface area contributed by atoms with E-state index in [9.17, 15) is 13.2 Å². The molecule has 0 fully saturated rings. The summed E-state index contributed by atoms with van der Waals surface area (Å²) in [5.41, 5.74) is 4.67. The molecule has 27 heavy (non-hydrogen) atoms. The molecule has 3 rings (SSSR count). The fourth-order valence-corrected chi connectivity index (χ4v) is 3.90. The Morgan fingerprint density at radius 3 is 2.41 bits per heavy atom. The lowest BCUT2D eigenvalue weighted by Crippen LogP contribution is -2.13. The van der Waals surface area contributed by atoms with Crippen molar-refractivity contribution >= 4 is 38.1 Å². The average Bonchev–Trinajstić information content (AvgIpc) is 3.02. The number of benzene rings is 2. The average molecular weight is 402 g/mol. The minimum atomic E-state index is -3.31. The van der Waals surface area contributed by atoms with E-state index >= 15 is 0 Å². The van der Waals surface area contributed by atoms with Crippen LogP contribution in [0.4, 0.5) is 10.8 Å². The molecule has 0 aliphatic rings. The predicted octanol–water partition coefficient (Wildman–Crippen LogP) is 4.05. The monoisotopic (exact) mass is 401 g/mol. The van der Waals surface area contributed by atoms with E-state index < -0.39 is 10.0 Å². The van der Waals surface area contributed by atoms with Gasteiger partial charge in [0.05, 0.1) is 11.9 Å². The number of aromatic nitrogens is 1. The molecule has 0 saturated heterocycles. The summed E-state index contributed by atoms with van der Waals surface area (Å²) in [6.07, 6.45) is 1.10. The molecule has 3 aromatic rings. The minimum Gasteiger partial charge on any atom is -0.298 e. The highest BCUT2D eigenvalue weighted by Crippen LogP contribution is 2.26. The number of aryl methyl sites for hydroxylation is 2. The van der Waals surface area contributed by atoms with Gasteiger partial charge in [0.25, 0.3) is 5.91 Å². The first kappa shape index (κ1) is 19.1. The number of carbonyl (C=O) groups excluding carboxylic acids is 1. The highest BCUT2D eigenvalue weighted by molar-refractivity contribution is 7.92. The number of anilines is 2. The molecule has 0 bridgehead atoms. The number of hydrogen-bond acceptors (Lipinski definition) is 5. The van der Waals surface area contributed by atoms with E-state index in [-0.39, 0.29) is 5.91 Å². The third kappa shape index (κ3) is 4.93. The van der Waals surface area contributed by atoms with Crippen LogP contribution in [-0.4, -0.2) is 25.6 Å². The summed E-state index contributed by atoms with van der Waals surface area (Å²) in [6.45, 7) is 3.89. The van der Waals surface area contributed by atoms with E-state index in [2.05, 4.69) is 15.0 Å². The second kappa shape index (κ2) is 7.50. The van der Waals surface area contributed by atoms with Gasteiger partial charge in [-0.3, -0.25) is 14.8 Å². The van der Waals surface area contributed by atoms with Crippen molar-refractivity contribution in [3.63, 3.8) is 0 Å². The molecule has 8 heteroatoms. The molecule has 0 aliphatic heterocycles. The topological polar surface area (TPSA) is 88.2 Å². The van der Waals surface area contributed by atoms with Crippen LogP contribution >= 0.6 is 11.3 Å². The molecule has 1 heterocycles. The molecule has 6 nitrogen and oxygen atoms in total. The molecule has 1 aromatic heterocycles. The lowest BCUT2D eigenvalue weighted by atomic mass is 10.1. The van der Waals surface area contributed by atoms with Crippen molar-refractivity contribution < 1.29 is 13.2 Å². The van der Waals surface area contributed by atoms with Gasteiger partial charge in [-0.2, -0.15) is 0 Å². The fraction of sp³-hybridized carbons (Fsp3) is 0.158. The van der Waals surface area contributed by atoms with Crippen molar-refractivity contribution in [3.05, 3.63) is 64.5 Å². The zero-order valence-corrected chi connectivity index (χ0v) is 16.7. The maximum Gasteiger partial charge on any atom is 0.257 e. The van der Waals surface area contributed by atoms with Crippen LogP contribution in [0.5, 0.6) is 0 Å². The van der Waals surface area contributed by atoms with Crippen LogP contribution in [0.15, 0.2) is 47.8 Å². The molecule has 0 aliphatic carbocycles. The van der Waals surface area contributed by atoms with Gasteiger partial charge < -0.3 is 0 Å². The smallest absolute Gasteiger partial charge is 0.257 e. The van der Waals surface area contributed by atoms with Crippen molar-refractivity contribution in [2.75, 3.05) is 16.3 Å². The molecule has 0 unspecified atom stereocenters. The Bertz CT molecular complexity index is 1090. The molecule has 0 atom stereocenters. The van der Waals surface area contributed by atoms with E-state index in [1.165, 1.54) is 11.3 Å². The van der Waals surface area contributed by atoms with Crippen LogP contribution in [0.2, 0.25) is 0 Å². The second-order valence-corrected chi connectivity index (χ2v) is 8.87. The largest absolute Gasteiger partial charge is 0.298 e. The summed E-state index contributed by atoms with van der Waals surface area (Å²) in [7, 11) is -3.31. The van der Waals surface area contributed by atoms with Gasteiger partial charge in [-0.15, -0.1) is 11.3 Å². The number of hydrogen-bond donors (Lipinski definition) is 2. The Hall–Kier alpha value is -2.71. The summed E-state index contributed by atoms with van der Waals surface area (Å²) in [4.78, 5) is 16.9. The van der Waals surface area contributed by atoms with Gasteiger partial charge in [-0.05, 0) is 37.6 Å². The summed E-state index contributed by atoms with van der Waals surface area (Å²) in [5.74, 6) is -0.193. The normalized spacial score (nSPS) is 11.2. The fourth-order valence-electron chi connectivity index (χ4n) is 2.62. The van der Waals surface area contributed by atoms with Crippen LogP contribution in [0.25, 0.3) is 11.3 Å². The molecule has 1 amide bonds. The maximum atomic E-state index is 12.5. The summed E-state index contributed by atoms with van der Waals surface area (Å²) in [5, 5.41) is 5.18. The Labute approximate surface area is 162 Å². The highest BCUT2D eigenvalue weighted by Gasteiger charge is 2.12. The minimum absolute atomic E-state index is 0.193. The van der Waals surface area contributed by atoms with E-state index in [1.54, 1.807) is 24.3 Å². The van der Waals surface area contributed by atoms with Crippen molar-refractivity contribution in [2.45, 2.75) is 13.8 Å². The van der Waals surface area contributed by atoms with Crippen molar-refractivity contribution in [1.29, 1.82) is 0 Å². The highest BCUT2D eigenvalue weighted by atomic mass is 32.2. The number of thiazole rings is 1. The molecule has 0 spiro atoms. The molecule has 0 radical (unpaired) electrons. The van der Waals surface area contributed by atoms with Crippen molar-refractivity contribution in [1.82, 2.24) is 4.98 Å². The molecular formula is C19H19N3O3S2. The maximum absolute atomic E-state index is 12.5. The summed E-state index contributed by atoms with van der Waals surface area (Å²) in [6, 6.07) is 12.6. The van der Waals surface area contributed by atoms with Gasteiger partial charge in [-0.1, -0.05) is 29.8 Å². The lowest BCUT2D eigenvalue weighted by Gasteiger charge is -2.06. The first-order chi connectivity index (χ1) is 12.7. The van der Waals surface area contributed by atoms with Crippen LogP contribution in [0, 0.1) is 13.8 Å². The van der Waals surface area contributed by atoms with Gasteiger partial charge in [0.1, 0.15) is 0 Å². The summed E-state index contributed by atoms with van der Waals surface area (Å²) < 4.78 is 24.9. The second-order valence-electron chi connectivity index (χ2n) is 6.26. The third-order valence-electron chi connectivity index (χ3n) is 3.84. The van der Waals surface area contributed by atoms with Gasteiger partial charge >= 0.3 is 0 Å². The number of rotatable bonds is 5. The first-order valence-electron chi connectivity index (χ1n) is 8.13. The summed E-state index contributed by atoms with van der Waals surface area (Å²) >= 11 is 1.34. The zero-order valence-electron chi connectivity index (χ0n) is 15.1.